The van der Waals surface area contributed by atoms with Crippen LogP contribution in [0.25, 0.3) is 0 Å². The lowest BCUT2D eigenvalue weighted by atomic mass is 10.1. The van der Waals surface area contributed by atoms with Gasteiger partial charge >= 0.3 is 0 Å². The molecule has 0 aromatic heterocycles. The summed E-state index contributed by atoms with van der Waals surface area (Å²) in [4.78, 5) is 22.3. The summed E-state index contributed by atoms with van der Waals surface area (Å²) in [6.45, 7) is 0. The molecule has 1 aliphatic rings. The molecule has 1 aromatic carbocycles. The number of nitro benzene ring substituents is 1. The van der Waals surface area contributed by atoms with Gasteiger partial charge in [0.25, 0.3) is 11.6 Å². The maximum Gasteiger partial charge on any atom is 0.293 e. The Hall–Kier alpha value is -2.15. The Morgan fingerprint density at radius 3 is 2.81 bits per heavy atom. The number of anilines is 1. The van der Waals surface area contributed by atoms with Gasteiger partial charge in [0.2, 0.25) is 0 Å². The van der Waals surface area contributed by atoms with Crippen molar-refractivity contribution in [2.24, 2.45) is 0 Å². The van der Waals surface area contributed by atoms with E-state index in [1.165, 1.54) is 13.1 Å². The molecule has 114 valence electrons. The van der Waals surface area contributed by atoms with Gasteiger partial charge in [-0.2, -0.15) is 0 Å². The second-order valence-corrected chi connectivity index (χ2v) is 5.02. The van der Waals surface area contributed by atoms with E-state index < -0.39 is 4.92 Å². The fourth-order valence-corrected chi connectivity index (χ4v) is 2.66. The number of hydrogen-bond donors (Lipinski definition) is 2. The van der Waals surface area contributed by atoms with Crippen LogP contribution in [-0.2, 0) is 4.74 Å². The Labute approximate surface area is 122 Å². The Kier molecular flexibility index (Phi) is 4.74. The van der Waals surface area contributed by atoms with E-state index in [-0.39, 0.29) is 29.3 Å². The van der Waals surface area contributed by atoms with Gasteiger partial charge in [-0.05, 0) is 31.4 Å². The summed E-state index contributed by atoms with van der Waals surface area (Å²) < 4.78 is 5.38. The van der Waals surface area contributed by atoms with E-state index in [0.717, 1.165) is 19.3 Å². The van der Waals surface area contributed by atoms with Gasteiger partial charge in [0.1, 0.15) is 5.69 Å². The van der Waals surface area contributed by atoms with Crippen molar-refractivity contribution in [3.05, 3.63) is 33.9 Å². The summed E-state index contributed by atoms with van der Waals surface area (Å²) in [5.41, 5.74) is 0.587. The van der Waals surface area contributed by atoms with Crippen LogP contribution in [0.1, 0.15) is 29.6 Å². The Morgan fingerprint density at radius 1 is 1.43 bits per heavy atom. The highest BCUT2D eigenvalue weighted by molar-refractivity contribution is 5.95. The molecule has 0 aliphatic heterocycles. The molecule has 2 unspecified atom stereocenters. The first-order valence-corrected chi connectivity index (χ1v) is 6.86. The third kappa shape index (κ3) is 3.30. The van der Waals surface area contributed by atoms with Gasteiger partial charge < -0.3 is 15.4 Å². The second kappa shape index (κ2) is 6.53. The monoisotopic (exact) mass is 293 g/mol. The summed E-state index contributed by atoms with van der Waals surface area (Å²) >= 11 is 0. The zero-order valence-electron chi connectivity index (χ0n) is 12.1. The standard InChI is InChI=1S/C14H19N3O4/c1-15-14(18)9-6-7-10(12(8-9)17(19)20)16-11-4-3-5-13(11)21-2/h6-8,11,13,16H,3-5H2,1-2H3,(H,15,18). The maximum atomic E-state index is 11.6. The number of nitro groups is 1. The van der Waals surface area contributed by atoms with Crippen molar-refractivity contribution in [1.29, 1.82) is 0 Å². The fourth-order valence-electron chi connectivity index (χ4n) is 2.66. The first kappa shape index (κ1) is 15.2. The molecule has 0 saturated heterocycles. The molecule has 2 atom stereocenters. The first-order valence-electron chi connectivity index (χ1n) is 6.86. The molecule has 0 heterocycles. The van der Waals surface area contributed by atoms with Crippen LogP contribution in [0, 0.1) is 10.1 Å². The van der Waals surface area contributed by atoms with Gasteiger partial charge in [-0.1, -0.05) is 0 Å². The molecule has 1 amide bonds. The third-order valence-electron chi connectivity index (χ3n) is 3.78. The summed E-state index contributed by atoms with van der Waals surface area (Å²) in [6, 6.07) is 4.50. The number of carbonyl (C=O) groups is 1. The topological polar surface area (TPSA) is 93.5 Å². The first-order chi connectivity index (χ1) is 10.1. The number of nitrogens with zero attached hydrogens (tertiary/aromatic N) is 1. The molecular weight excluding hydrogens is 274 g/mol. The molecule has 1 fully saturated rings. The SMILES string of the molecule is CNC(=O)c1ccc(NC2CCCC2OC)c([N+](=O)[O-])c1. The van der Waals surface area contributed by atoms with Crippen molar-refractivity contribution in [3.8, 4) is 0 Å². The molecule has 7 nitrogen and oxygen atoms in total. The molecule has 7 heteroatoms. The second-order valence-electron chi connectivity index (χ2n) is 5.02. The fraction of sp³-hybridized carbons (Fsp3) is 0.500. The summed E-state index contributed by atoms with van der Waals surface area (Å²) in [7, 11) is 3.13. The maximum absolute atomic E-state index is 11.6. The molecule has 0 bridgehead atoms. The molecule has 21 heavy (non-hydrogen) atoms. The predicted octanol–water partition coefficient (Wildman–Crippen LogP) is 1.93. The normalized spacial score (nSPS) is 21.0. The van der Waals surface area contributed by atoms with E-state index in [1.54, 1.807) is 19.2 Å². The number of rotatable bonds is 5. The van der Waals surface area contributed by atoms with E-state index in [2.05, 4.69) is 10.6 Å². The van der Waals surface area contributed by atoms with Crippen LogP contribution < -0.4 is 10.6 Å². The zero-order chi connectivity index (χ0) is 15.4. The quantitative estimate of drug-likeness (QED) is 0.639. The smallest absolute Gasteiger partial charge is 0.293 e. The molecule has 0 spiro atoms. The predicted molar refractivity (Wildman–Crippen MR) is 78.5 cm³/mol. The van der Waals surface area contributed by atoms with Crippen molar-refractivity contribution in [1.82, 2.24) is 5.32 Å². The molecule has 1 saturated carbocycles. The highest BCUT2D eigenvalue weighted by Gasteiger charge is 2.29. The van der Waals surface area contributed by atoms with Crippen molar-refractivity contribution >= 4 is 17.3 Å². The minimum Gasteiger partial charge on any atom is -0.379 e. The van der Waals surface area contributed by atoms with Crippen LogP contribution in [-0.4, -0.2) is 37.1 Å². The average molecular weight is 293 g/mol. The Morgan fingerprint density at radius 2 is 2.19 bits per heavy atom. The van der Waals surface area contributed by atoms with Crippen LogP contribution in [0.5, 0.6) is 0 Å². The summed E-state index contributed by atoms with van der Waals surface area (Å²) in [5.74, 6) is -0.347. The van der Waals surface area contributed by atoms with Crippen LogP contribution in [0.3, 0.4) is 0 Å². The number of methoxy groups -OCH3 is 1. The van der Waals surface area contributed by atoms with Gasteiger partial charge in [-0.3, -0.25) is 14.9 Å². The average Bonchev–Trinajstić information content (AvgIpc) is 2.93. The summed E-state index contributed by atoms with van der Waals surface area (Å²) in [5, 5.41) is 16.8. The van der Waals surface area contributed by atoms with Crippen LogP contribution >= 0.6 is 0 Å². The van der Waals surface area contributed by atoms with Crippen LogP contribution in [0.15, 0.2) is 18.2 Å². The lowest BCUT2D eigenvalue weighted by Gasteiger charge is -2.20. The lowest BCUT2D eigenvalue weighted by Crippen LogP contribution is -2.30. The number of ether oxygens (including phenoxy) is 1. The minimum absolute atomic E-state index is 0.0551. The van der Waals surface area contributed by atoms with E-state index in [0.29, 0.717) is 5.69 Å². The number of nitrogens with one attached hydrogen (secondary N) is 2. The van der Waals surface area contributed by atoms with E-state index >= 15 is 0 Å². The van der Waals surface area contributed by atoms with Crippen LogP contribution in [0.2, 0.25) is 0 Å². The van der Waals surface area contributed by atoms with Gasteiger partial charge in [-0.25, -0.2) is 0 Å². The molecule has 0 radical (unpaired) electrons. The van der Waals surface area contributed by atoms with Gasteiger partial charge in [0.15, 0.2) is 0 Å². The number of hydrogen-bond acceptors (Lipinski definition) is 5. The van der Waals surface area contributed by atoms with E-state index in [1.807, 2.05) is 0 Å². The van der Waals surface area contributed by atoms with Gasteiger partial charge in [-0.15, -0.1) is 0 Å². The molecule has 1 aromatic rings. The van der Waals surface area contributed by atoms with Crippen molar-refractivity contribution in [3.63, 3.8) is 0 Å². The highest BCUT2D eigenvalue weighted by Crippen LogP contribution is 2.30. The number of carbonyl (C=O) groups excluding carboxylic acids is 1. The molecule has 2 rings (SSSR count). The van der Waals surface area contributed by atoms with Crippen molar-refractivity contribution < 1.29 is 14.5 Å². The van der Waals surface area contributed by atoms with Gasteiger partial charge in [0.05, 0.1) is 17.1 Å². The molecular formula is C14H19N3O4. The number of amides is 1. The highest BCUT2D eigenvalue weighted by atomic mass is 16.6. The lowest BCUT2D eigenvalue weighted by molar-refractivity contribution is -0.384. The Balaban J connectivity index is 2.26. The van der Waals surface area contributed by atoms with Crippen LogP contribution in [0.4, 0.5) is 11.4 Å². The molecule has 2 N–H and O–H groups in total. The summed E-state index contributed by atoms with van der Waals surface area (Å²) in [6.07, 6.45) is 2.94. The van der Waals surface area contributed by atoms with Crippen molar-refractivity contribution in [2.45, 2.75) is 31.4 Å². The minimum atomic E-state index is -0.481. The van der Waals surface area contributed by atoms with Crippen molar-refractivity contribution in [2.75, 3.05) is 19.5 Å². The van der Waals surface area contributed by atoms with Gasteiger partial charge in [0, 0.05) is 25.8 Å². The molecule has 1 aliphatic carbocycles. The van der Waals surface area contributed by atoms with E-state index in [4.69, 9.17) is 4.74 Å². The van der Waals surface area contributed by atoms with E-state index in [9.17, 15) is 14.9 Å². The number of benzene rings is 1. The third-order valence-corrected chi connectivity index (χ3v) is 3.78. The zero-order valence-corrected chi connectivity index (χ0v) is 12.1. The Bertz CT molecular complexity index is 547. The largest absolute Gasteiger partial charge is 0.379 e.